The van der Waals surface area contributed by atoms with Crippen molar-refractivity contribution in [1.82, 2.24) is 10.6 Å². The summed E-state index contributed by atoms with van der Waals surface area (Å²) in [4.78, 5) is 12.1. The summed E-state index contributed by atoms with van der Waals surface area (Å²) in [5.74, 6) is 0.403. The van der Waals surface area contributed by atoms with Gasteiger partial charge in [-0.2, -0.15) is 0 Å². The Morgan fingerprint density at radius 3 is 2.64 bits per heavy atom. The van der Waals surface area contributed by atoms with Crippen LogP contribution < -0.4 is 16.4 Å². The highest BCUT2D eigenvalue weighted by atomic mass is 16.6. The second-order valence-electron chi connectivity index (χ2n) is 7.92. The number of carbonyl (C=O) groups is 1. The maximum Gasteiger partial charge on any atom is 0.407 e. The molecule has 126 valence electrons. The largest absolute Gasteiger partial charge is 0.444 e. The van der Waals surface area contributed by atoms with Crippen LogP contribution in [-0.2, 0) is 9.47 Å². The highest BCUT2D eigenvalue weighted by molar-refractivity contribution is 5.68. The summed E-state index contributed by atoms with van der Waals surface area (Å²) in [5, 5.41) is 6.70. The molecular formula is C16H29N3O3. The van der Waals surface area contributed by atoms with E-state index >= 15 is 0 Å². The first-order chi connectivity index (χ1) is 10.3. The first-order valence-electron chi connectivity index (χ1n) is 8.46. The van der Waals surface area contributed by atoms with Gasteiger partial charge >= 0.3 is 6.09 Å². The Bertz CT molecular complexity index is 423. The molecule has 6 atom stereocenters. The van der Waals surface area contributed by atoms with Crippen molar-refractivity contribution in [2.75, 3.05) is 6.61 Å². The van der Waals surface area contributed by atoms with Gasteiger partial charge in [0.2, 0.25) is 0 Å². The van der Waals surface area contributed by atoms with Gasteiger partial charge in [0.15, 0.2) is 0 Å². The van der Waals surface area contributed by atoms with Crippen molar-refractivity contribution in [3.63, 3.8) is 0 Å². The summed E-state index contributed by atoms with van der Waals surface area (Å²) < 4.78 is 11.2. The molecule has 0 bridgehead atoms. The molecule has 3 aliphatic rings. The van der Waals surface area contributed by atoms with Gasteiger partial charge in [-0.3, -0.25) is 0 Å². The third kappa shape index (κ3) is 3.39. The smallest absolute Gasteiger partial charge is 0.407 e. The highest BCUT2D eigenvalue weighted by Gasteiger charge is 2.55. The highest BCUT2D eigenvalue weighted by Crippen LogP contribution is 2.40. The number of alkyl carbamates (subject to hydrolysis) is 1. The molecule has 2 aliphatic carbocycles. The monoisotopic (exact) mass is 311 g/mol. The van der Waals surface area contributed by atoms with E-state index in [2.05, 4.69) is 10.6 Å². The number of hydrogen-bond donors (Lipinski definition) is 3. The van der Waals surface area contributed by atoms with Crippen LogP contribution in [0.3, 0.4) is 0 Å². The Balaban J connectivity index is 1.57. The van der Waals surface area contributed by atoms with Crippen LogP contribution in [-0.4, -0.2) is 48.6 Å². The minimum atomic E-state index is -0.472. The molecule has 2 saturated carbocycles. The number of carbonyl (C=O) groups excluding carboxylic acids is 1. The van der Waals surface area contributed by atoms with E-state index in [0.717, 1.165) is 32.3 Å². The standard InChI is InChI=1S/C16H29N3O3/c1-16(2,3)22-15(20)19-12-11-6-7-21-14(11)13(12)18-10-5-4-9(17)8-10/h9-14,18H,4-8,17H2,1-3H3,(H,19,20). The molecule has 0 aromatic carbocycles. The Morgan fingerprint density at radius 2 is 2.00 bits per heavy atom. The van der Waals surface area contributed by atoms with Gasteiger partial charge < -0.3 is 25.8 Å². The second-order valence-corrected chi connectivity index (χ2v) is 7.92. The lowest BCUT2D eigenvalue weighted by Gasteiger charge is -2.49. The van der Waals surface area contributed by atoms with Crippen LogP contribution >= 0.6 is 0 Å². The molecule has 0 spiro atoms. The molecule has 1 heterocycles. The lowest BCUT2D eigenvalue weighted by Crippen LogP contribution is -2.71. The third-order valence-electron chi connectivity index (χ3n) is 4.97. The second kappa shape index (κ2) is 5.98. The zero-order chi connectivity index (χ0) is 15.9. The van der Waals surface area contributed by atoms with Crippen LogP contribution in [0.5, 0.6) is 0 Å². The average Bonchev–Trinajstić information content (AvgIpc) is 2.98. The van der Waals surface area contributed by atoms with Crippen LogP contribution in [0, 0.1) is 5.92 Å². The van der Waals surface area contributed by atoms with E-state index < -0.39 is 5.60 Å². The fourth-order valence-corrected chi connectivity index (χ4v) is 3.99. The van der Waals surface area contributed by atoms with E-state index in [-0.39, 0.29) is 24.3 Å². The number of nitrogens with two attached hydrogens (primary N) is 1. The normalized spacial score (nSPS) is 40.9. The zero-order valence-corrected chi connectivity index (χ0v) is 13.8. The van der Waals surface area contributed by atoms with Crippen molar-refractivity contribution < 1.29 is 14.3 Å². The molecule has 0 radical (unpaired) electrons. The number of nitrogens with one attached hydrogen (secondary N) is 2. The molecule has 1 saturated heterocycles. The Hall–Kier alpha value is -0.850. The Kier molecular flexibility index (Phi) is 4.36. The molecule has 0 aromatic heterocycles. The van der Waals surface area contributed by atoms with E-state index in [4.69, 9.17) is 15.2 Å². The first kappa shape index (κ1) is 16.0. The summed E-state index contributed by atoms with van der Waals surface area (Å²) in [7, 11) is 0. The maximum absolute atomic E-state index is 12.1. The van der Waals surface area contributed by atoms with Gasteiger partial charge in [-0.25, -0.2) is 4.79 Å². The number of fused-ring (bicyclic) bond motifs is 1. The quantitative estimate of drug-likeness (QED) is 0.727. The minimum absolute atomic E-state index is 0.0965. The lowest BCUT2D eigenvalue weighted by atomic mass is 9.71. The molecule has 6 heteroatoms. The van der Waals surface area contributed by atoms with Crippen LogP contribution in [0.1, 0.15) is 46.5 Å². The van der Waals surface area contributed by atoms with E-state index in [1.165, 1.54) is 0 Å². The van der Waals surface area contributed by atoms with Crippen molar-refractivity contribution in [2.45, 2.75) is 82.3 Å². The maximum atomic E-state index is 12.1. The van der Waals surface area contributed by atoms with Gasteiger partial charge in [0.05, 0.1) is 18.2 Å². The molecule has 3 fully saturated rings. The Morgan fingerprint density at radius 1 is 1.23 bits per heavy atom. The molecule has 6 unspecified atom stereocenters. The number of ether oxygens (including phenoxy) is 2. The van der Waals surface area contributed by atoms with Gasteiger partial charge in [0.25, 0.3) is 0 Å². The molecule has 4 N–H and O–H groups in total. The van der Waals surface area contributed by atoms with Crippen molar-refractivity contribution in [1.29, 1.82) is 0 Å². The number of rotatable bonds is 3. The SMILES string of the molecule is CC(C)(C)OC(=O)NC1C2CCOC2C1NC1CCC(N)C1. The fourth-order valence-electron chi connectivity index (χ4n) is 3.99. The van der Waals surface area contributed by atoms with Crippen molar-refractivity contribution in [2.24, 2.45) is 11.7 Å². The topological polar surface area (TPSA) is 85.6 Å². The van der Waals surface area contributed by atoms with Gasteiger partial charge in [0, 0.05) is 24.6 Å². The minimum Gasteiger partial charge on any atom is -0.444 e. The molecular weight excluding hydrogens is 282 g/mol. The predicted molar refractivity (Wildman–Crippen MR) is 83.5 cm³/mol. The molecule has 1 amide bonds. The van der Waals surface area contributed by atoms with Gasteiger partial charge in [-0.1, -0.05) is 0 Å². The molecule has 3 rings (SSSR count). The fraction of sp³-hybridized carbons (Fsp3) is 0.938. The molecule has 22 heavy (non-hydrogen) atoms. The summed E-state index contributed by atoms with van der Waals surface area (Å²) in [6, 6.07) is 1.01. The van der Waals surface area contributed by atoms with Gasteiger partial charge in [0.1, 0.15) is 5.60 Å². The van der Waals surface area contributed by atoms with E-state index in [1.54, 1.807) is 0 Å². The van der Waals surface area contributed by atoms with Crippen molar-refractivity contribution in [3.05, 3.63) is 0 Å². The number of amides is 1. The van der Waals surface area contributed by atoms with Crippen molar-refractivity contribution in [3.8, 4) is 0 Å². The zero-order valence-electron chi connectivity index (χ0n) is 13.8. The van der Waals surface area contributed by atoms with Crippen LogP contribution in [0.2, 0.25) is 0 Å². The summed E-state index contributed by atoms with van der Waals surface area (Å²) >= 11 is 0. The third-order valence-corrected chi connectivity index (χ3v) is 4.97. The summed E-state index contributed by atoms with van der Waals surface area (Å²) in [5.41, 5.74) is 5.52. The average molecular weight is 311 g/mol. The lowest BCUT2D eigenvalue weighted by molar-refractivity contribution is -0.0374. The van der Waals surface area contributed by atoms with Crippen LogP contribution in [0.25, 0.3) is 0 Å². The summed E-state index contributed by atoms with van der Waals surface area (Å²) in [6.07, 6.45) is 4.08. The van der Waals surface area contributed by atoms with Crippen LogP contribution in [0.4, 0.5) is 4.79 Å². The number of hydrogen-bond acceptors (Lipinski definition) is 5. The van der Waals surface area contributed by atoms with Crippen LogP contribution in [0.15, 0.2) is 0 Å². The van der Waals surface area contributed by atoms with E-state index in [0.29, 0.717) is 18.0 Å². The molecule has 1 aliphatic heterocycles. The Labute approximate surface area is 132 Å². The van der Waals surface area contributed by atoms with Gasteiger partial charge in [-0.15, -0.1) is 0 Å². The molecule has 6 nitrogen and oxygen atoms in total. The molecule has 0 aromatic rings. The van der Waals surface area contributed by atoms with E-state index in [9.17, 15) is 4.79 Å². The van der Waals surface area contributed by atoms with Crippen molar-refractivity contribution >= 4 is 6.09 Å². The summed E-state index contributed by atoms with van der Waals surface area (Å²) in [6.45, 7) is 6.42. The van der Waals surface area contributed by atoms with E-state index in [1.807, 2.05) is 20.8 Å². The first-order valence-corrected chi connectivity index (χ1v) is 8.46. The van der Waals surface area contributed by atoms with Gasteiger partial charge in [-0.05, 0) is 46.5 Å². The predicted octanol–water partition coefficient (Wildman–Crippen LogP) is 1.14.